The molecule has 2 aromatic carbocycles. The van der Waals surface area contributed by atoms with E-state index in [9.17, 15) is 14.7 Å². The van der Waals surface area contributed by atoms with Crippen LogP contribution in [0.4, 0.5) is 0 Å². The van der Waals surface area contributed by atoms with Crippen LogP contribution in [0.3, 0.4) is 0 Å². The Kier molecular flexibility index (Phi) is 9.03. The molecular weight excluding hydrogens is 482 g/mol. The van der Waals surface area contributed by atoms with Gasteiger partial charge in [0.1, 0.15) is 5.76 Å². The molecule has 0 saturated heterocycles. The van der Waals surface area contributed by atoms with E-state index in [0.717, 1.165) is 24.8 Å². The van der Waals surface area contributed by atoms with Gasteiger partial charge in [-0.1, -0.05) is 62.2 Å². The molecular formula is C31H33NO6. The first-order valence-corrected chi connectivity index (χ1v) is 13.0. The molecule has 0 aliphatic carbocycles. The number of carbonyl (C=O) groups is 2. The number of nitrogens with zero attached hydrogens (tertiary/aromatic N) is 1. The molecule has 0 radical (unpaired) electrons. The summed E-state index contributed by atoms with van der Waals surface area (Å²) in [6.07, 6.45) is 7.66. The summed E-state index contributed by atoms with van der Waals surface area (Å²) in [6, 6.07) is 17.4. The molecule has 0 spiro atoms. The zero-order chi connectivity index (χ0) is 26.9. The van der Waals surface area contributed by atoms with E-state index in [1.165, 1.54) is 17.2 Å². The van der Waals surface area contributed by atoms with Crippen molar-refractivity contribution in [2.75, 3.05) is 13.2 Å². The van der Waals surface area contributed by atoms with E-state index in [0.29, 0.717) is 36.0 Å². The minimum absolute atomic E-state index is 0.00722. The molecule has 0 saturated carbocycles. The Bertz CT molecular complexity index is 1290. The molecule has 38 heavy (non-hydrogen) atoms. The fourth-order valence-corrected chi connectivity index (χ4v) is 4.43. The Balaban J connectivity index is 1.70. The normalized spacial score (nSPS) is 15.5. The van der Waals surface area contributed by atoms with Crippen LogP contribution in [0.2, 0.25) is 0 Å². The second-order valence-corrected chi connectivity index (χ2v) is 8.98. The fourth-order valence-electron chi connectivity index (χ4n) is 4.43. The van der Waals surface area contributed by atoms with Gasteiger partial charge in [-0.25, -0.2) is 0 Å². The highest BCUT2D eigenvalue weighted by molar-refractivity contribution is 6.14. The van der Waals surface area contributed by atoms with Gasteiger partial charge in [0, 0.05) is 0 Å². The van der Waals surface area contributed by atoms with Gasteiger partial charge < -0.3 is 23.9 Å². The number of carbonyl (C=O) groups excluding carboxylic acids is 2. The third-order valence-electron chi connectivity index (χ3n) is 6.29. The molecule has 2 heterocycles. The van der Waals surface area contributed by atoms with Crippen molar-refractivity contribution in [2.24, 2.45) is 0 Å². The summed E-state index contributed by atoms with van der Waals surface area (Å²) in [5.74, 6) is -0.0125. The molecule has 0 fully saturated rings. The summed E-state index contributed by atoms with van der Waals surface area (Å²) in [4.78, 5) is 28.1. The summed E-state index contributed by atoms with van der Waals surface area (Å²) < 4.78 is 17.3. The number of allylic oxidation sites excluding steroid dienone is 1. The first kappa shape index (κ1) is 26.8. The minimum Gasteiger partial charge on any atom is -0.503 e. The van der Waals surface area contributed by atoms with Gasteiger partial charge in [0.15, 0.2) is 23.0 Å². The van der Waals surface area contributed by atoms with Gasteiger partial charge in [-0.05, 0) is 54.8 Å². The predicted octanol–water partition coefficient (Wildman–Crippen LogP) is 6.43. The van der Waals surface area contributed by atoms with Crippen molar-refractivity contribution in [3.05, 3.63) is 101 Å². The van der Waals surface area contributed by atoms with E-state index in [1.54, 1.807) is 36.4 Å². The molecule has 1 N–H and O–H groups in total. The molecule has 1 atom stereocenters. The van der Waals surface area contributed by atoms with Crippen molar-refractivity contribution < 1.29 is 28.6 Å². The number of aliphatic hydroxyl groups is 1. The Morgan fingerprint density at radius 2 is 1.84 bits per heavy atom. The number of ketones is 1. The van der Waals surface area contributed by atoms with Crippen molar-refractivity contribution >= 4 is 17.8 Å². The summed E-state index contributed by atoms with van der Waals surface area (Å²) in [5, 5.41) is 10.9. The summed E-state index contributed by atoms with van der Waals surface area (Å²) in [7, 11) is 0. The van der Waals surface area contributed by atoms with E-state index in [2.05, 4.69) is 6.92 Å². The maximum absolute atomic E-state index is 13.4. The second-order valence-electron chi connectivity index (χ2n) is 8.98. The zero-order valence-electron chi connectivity index (χ0n) is 21.8. The average Bonchev–Trinajstić information content (AvgIpc) is 3.53. The third-order valence-corrected chi connectivity index (χ3v) is 6.29. The van der Waals surface area contributed by atoms with Gasteiger partial charge in [-0.2, -0.15) is 0 Å². The Hall–Kier alpha value is -4.26. The number of ether oxygens (including phenoxy) is 2. The lowest BCUT2D eigenvalue weighted by Gasteiger charge is -2.26. The molecule has 1 amide bonds. The van der Waals surface area contributed by atoms with Crippen LogP contribution in [0.5, 0.6) is 11.5 Å². The number of furan rings is 1. The number of hydrogen-bond acceptors (Lipinski definition) is 6. The van der Waals surface area contributed by atoms with Crippen LogP contribution < -0.4 is 9.47 Å². The number of amides is 1. The van der Waals surface area contributed by atoms with Gasteiger partial charge in [0.2, 0.25) is 0 Å². The molecule has 198 valence electrons. The average molecular weight is 516 g/mol. The van der Waals surface area contributed by atoms with E-state index in [4.69, 9.17) is 13.9 Å². The SMILES string of the molecule is CCCCCOc1ccc(C2C(C(=O)C=Cc3ccccc3)=C(O)C(=O)N2Cc2ccco2)cc1OCC. The van der Waals surface area contributed by atoms with E-state index < -0.39 is 23.5 Å². The van der Waals surface area contributed by atoms with Crippen molar-refractivity contribution in [3.63, 3.8) is 0 Å². The van der Waals surface area contributed by atoms with E-state index in [1.807, 2.05) is 37.3 Å². The minimum atomic E-state index is -0.839. The van der Waals surface area contributed by atoms with Crippen LogP contribution in [0, 0.1) is 0 Å². The van der Waals surface area contributed by atoms with Gasteiger partial charge in [0.25, 0.3) is 5.91 Å². The summed E-state index contributed by atoms with van der Waals surface area (Å²) in [6.45, 7) is 5.08. The molecule has 1 aliphatic rings. The van der Waals surface area contributed by atoms with E-state index in [-0.39, 0.29) is 12.1 Å². The molecule has 4 rings (SSSR count). The number of rotatable bonds is 13. The third kappa shape index (κ3) is 6.17. The zero-order valence-corrected chi connectivity index (χ0v) is 21.8. The first-order valence-electron chi connectivity index (χ1n) is 13.0. The summed E-state index contributed by atoms with van der Waals surface area (Å²) in [5.41, 5.74) is 1.46. The van der Waals surface area contributed by atoms with Crippen LogP contribution in [-0.4, -0.2) is 34.9 Å². The lowest BCUT2D eigenvalue weighted by molar-refractivity contribution is -0.130. The lowest BCUT2D eigenvalue weighted by Crippen LogP contribution is -2.30. The molecule has 1 aromatic heterocycles. The molecule has 7 heteroatoms. The number of benzene rings is 2. The van der Waals surface area contributed by atoms with Gasteiger partial charge in [-0.3, -0.25) is 9.59 Å². The maximum atomic E-state index is 13.4. The maximum Gasteiger partial charge on any atom is 0.290 e. The Morgan fingerprint density at radius 1 is 1.03 bits per heavy atom. The van der Waals surface area contributed by atoms with Crippen LogP contribution in [-0.2, 0) is 16.1 Å². The standard InChI is InChI=1S/C31H33NO6/c1-3-5-9-18-38-26-17-15-23(20-27(26)36-4-2)29-28(25(33)16-14-22-11-7-6-8-12-22)30(34)31(35)32(29)21-24-13-10-19-37-24/h6-8,10-17,19-20,29,34H,3-5,9,18,21H2,1-2H3. The smallest absolute Gasteiger partial charge is 0.290 e. The van der Waals surface area contributed by atoms with Crippen molar-refractivity contribution in [3.8, 4) is 11.5 Å². The highest BCUT2D eigenvalue weighted by Crippen LogP contribution is 2.42. The van der Waals surface area contributed by atoms with Crippen LogP contribution in [0.15, 0.2) is 88.8 Å². The molecule has 1 unspecified atom stereocenters. The number of aliphatic hydroxyl groups excluding tert-OH is 1. The van der Waals surface area contributed by atoms with Crippen LogP contribution in [0.25, 0.3) is 6.08 Å². The Morgan fingerprint density at radius 3 is 2.55 bits per heavy atom. The largest absolute Gasteiger partial charge is 0.503 e. The van der Waals surface area contributed by atoms with Gasteiger partial charge in [0.05, 0.1) is 37.6 Å². The summed E-state index contributed by atoms with van der Waals surface area (Å²) >= 11 is 0. The number of hydrogen-bond donors (Lipinski definition) is 1. The quantitative estimate of drug-likeness (QED) is 0.209. The van der Waals surface area contributed by atoms with Gasteiger partial charge >= 0.3 is 0 Å². The van der Waals surface area contributed by atoms with Crippen LogP contribution >= 0.6 is 0 Å². The van der Waals surface area contributed by atoms with E-state index >= 15 is 0 Å². The number of unbranched alkanes of at least 4 members (excludes halogenated alkanes) is 2. The topological polar surface area (TPSA) is 89.2 Å². The highest BCUT2D eigenvalue weighted by atomic mass is 16.5. The monoisotopic (exact) mass is 515 g/mol. The second kappa shape index (κ2) is 12.8. The van der Waals surface area contributed by atoms with Crippen molar-refractivity contribution in [1.82, 2.24) is 4.90 Å². The fraction of sp³-hybridized carbons (Fsp3) is 0.290. The van der Waals surface area contributed by atoms with Gasteiger partial charge in [-0.15, -0.1) is 0 Å². The predicted molar refractivity (Wildman–Crippen MR) is 145 cm³/mol. The molecule has 3 aromatic rings. The Labute approximate surface area is 223 Å². The first-order chi connectivity index (χ1) is 18.5. The van der Waals surface area contributed by atoms with Crippen molar-refractivity contribution in [2.45, 2.75) is 45.7 Å². The van der Waals surface area contributed by atoms with Crippen molar-refractivity contribution in [1.29, 1.82) is 0 Å². The lowest BCUT2D eigenvalue weighted by atomic mass is 9.95. The molecule has 7 nitrogen and oxygen atoms in total. The van der Waals surface area contributed by atoms with Crippen LogP contribution in [0.1, 0.15) is 56.0 Å². The molecule has 0 bridgehead atoms. The molecule has 1 aliphatic heterocycles. The highest BCUT2D eigenvalue weighted by Gasteiger charge is 2.43.